The molecular formula is C17H29N3O. The minimum absolute atomic E-state index is 0.443. The maximum Gasteiger partial charge on any atom is 0.106 e. The molecule has 0 bridgehead atoms. The molecule has 2 saturated carbocycles. The summed E-state index contributed by atoms with van der Waals surface area (Å²) in [7, 11) is 0. The summed E-state index contributed by atoms with van der Waals surface area (Å²) in [4.78, 5) is 7.46. The second-order valence-electron chi connectivity index (χ2n) is 6.62. The number of ether oxygens (including phenoxy) is 1. The van der Waals surface area contributed by atoms with Crippen LogP contribution in [0.4, 0.5) is 0 Å². The van der Waals surface area contributed by atoms with Crippen LogP contribution in [0.25, 0.3) is 0 Å². The SMILES string of the molecule is CCOC1CC(NCCCc2ncc[nH]2)C12CCCCC2. The third-order valence-electron chi connectivity index (χ3n) is 5.47. The van der Waals surface area contributed by atoms with Gasteiger partial charge in [-0.05, 0) is 39.2 Å². The molecule has 2 atom stereocenters. The van der Waals surface area contributed by atoms with Gasteiger partial charge in [0.2, 0.25) is 0 Å². The topological polar surface area (TPSA) is 49.9 Å². The quantitative estimate of drug-likeness (QED) is 0.759. The summed E-state index contributed by atoms with van der Waals surface area (Å²) in [6.07, 6.45) is 14.5. The van der Waals surface area contributed by atoms with Crippen LogP contribution in [0.15, 0.2) is 12.4 Å². The lowest BCUT2D eigenvalue weighted by molar-refractivity contribution is -0.149. The fraction of sp³-hybridized carbons (Fsp3) is 0.824. The van der Waals surface area contributed by atoms with Gasteiger partial charge in [-0.25, -0.2) is 4.98 Å². The molecule has 0 amide bonds. The molecule has 21 heavy (non-hydrogen) atoms. The van der Waals surface area contributed by atoms with E-state index < -0.39 is 0 Å². The van der Waals surface area contributed by atoms with Gasteiger partial charge >= 0.3 is 0 Å². The maximum atomic E-state index is 6.01. The average Bonchev–Trinajstić information content (AvgIpc) is 3.03. The van der Waals surface area contributed by atoms with E-state index in [1.165, 1.54) is 38.5 Å². The summed E-state index contributed by atoms with van der Waals surface area (Å²) in [6.45, 7) is 4.07. The van der Waals surface area contributed by atoms with Crippen LogP contribution in [0, 0.1) is 5.41 Å². The lowest BCUT2D eigenvalue weighted by Gasteiger charge is -2.58. The number of aryl methyl sites for hydroxylation is 1. The molecule has 0 aromatic carbocycles. The van der Waals surface area contributed by atoms with Gasteiger partial charge in [0.1, 0.15) is 5.82 Å². The first-order valence-electron chi connectivity index (χ1n) is 8.68. The maximum absolute atomic E-state index is 6.01. The zero-order chi connectivity index (χ0) is 14.5. The van der Waals surface area contributed by atoms with Gasteiger partial charge in [-0.15, -0.1) is 0 Å². The Morgan fingerprint density at radius 1 is 1.38 bits per heavy atom. The minimum atomic E-state index is 0.443. The first-order valence-corrected chi connectivity index (χ1v) is 8.68. The zero-order valence-corrected chi connectivity index (χ0v) is 13.2. The number of hydrogen-bond donors (Lipinski definition) is 2. The van der Waals surface area contributed by atoms with Crippen molar-refractivity contribution in [3.8, 4) is 0 Å². The van der Waals surface area contributed by atoms with E-state index in [0.717, 1.165) is 31.8 Å². The Morgan fingerprint density at radius 3 is 2.95 bits per heavy atom. The van der Waals surface area contributed by atoms with Crippen molar-refractivity contribution in [3.63, 3.8) is 0 Å². The molecule has 0 saturated heterocycles. The van der Waals surface area contributed by atoms with Gasteiger partial charge in [0.05, 0.1) is 6.10 Å². The predicted molar refractivity (Wildman–Crippen MR) is 84.2 cm³/mol. The fourth-order valence-electron chi connectivity index (χ4n) is 4.32. The van der Waals surface area contributed by atoms with Crippen molar-refractivity contribution in [1.82, 2.24) is 15.3 Å². The van der Waals surface area contributed by atoms with Crippen molar-refractivity contribution < 1.29 is 4.74 Å². The Balaban J connectivity index is 1.46. The lowest BCUT2D eigenvalue weighted by Crippen LogP contribution is -2.64. The van der Waals surface area contributed by atoms with Gasteiger partial charge in [0.25, 0.3) is 0 Å². The number of hydrogen-bond acceptors (Lipinski definition) is 3. The molecule has 0 aliphatic heterocycles. The molecule has 2 unspecified atom stereocenters. The third kappa shape index (κ3) is 3.16. The van der Waals surface area contributed by atoms with Gasteiger partial charge in [-0.1, -0.05) is 19.3 Å². The van der Waals surface area contributed by atoms with E-state index in [1.807, 2.05) is 12.4 Å². The van der Waals surface area contributed by atoms with Crippen molar-refractivity contribution in [2.75, 3.05) is 13.2 Å². The van der Waals surface area contributed by atoms with Gasteiger partial charge in [-0.3, -0.25) is 0 Å². The number of aromatic amines is 1. The molecule has 2 fully saturated rings. The smallest absolute Gasteiger partial charge is 0.106 e. The number of rotatable bonds is 7. The average molecular weight is 291 g/mol. The number of imidazole rings is 1. The highest BCUT2D eigenvalue weighted by Crippen LogP contribution is 2.53. The molecule has 1 spiro atoms. The highest BCUT2D eigenvalue weighted by Gasteiger charge is 2.55. The second kappa shape index (κ2) is 6.93. The highest BCUT2D eigenvalue weighted by molar-refractivity contribution is 5.08. The Labute approximate surface area is 128 Å². The summed E-state index contributed by atoms with van der Waals surface area (Å²) in [5, 5.41) is 3.81. The first kappa shape index (κ1) is 15.0. The summed E-state index contributed by atoms with van der Waals surface area (Å²) in [6, 6.07) is 0.672. The summed E-state index contributed by atoms with van der Waals surface area (Å²) < 4.78 is 6.01. The lowest BCUT2D eigenvalue weighted by atomic mass is 9.55. The Kier molecular flexibility index (Phi) is 4.96. The molecular weight excluding hydrogens is 262 g/mol. The van der Waals surface area contributed by atoms with Gasteiger partial charge < -0.3 is 15.0 Å². The van der Waals surface area contributed by atoms with Crippen LogP contribution in [0.1, 0.15) is 57.7 Å². The van der Waals surface area contributed by atoms with Crippen LogP contribution in [-0.4, -0.2) is 35.3 Å². The van der Waals surface area contributed by atoms with E-state index in [0.29, 0.717) is 17.6 Å². The van der Waals surface area contributed by atoms with E-state index in [1.54, 1.807) is 0 Å². The molecule has 1 aromatic heterocycles. The predicted octanol–water partition coefficient (Wildman–Crippen LogP) is 3.06. The van der Waals surface area contributed by atoms with E-state index >= 15 is 0 Å². The van der Waals surface area contributed by atoms with Crippen molar-refractivity contribution in [2.45, 2.75) is 70.4 Å². The minimum Gasteiger partial charge on any atom is -0.378 e. The molecule has 0 radical (unpaired) electrons. The largest absolute Gasteiger partial charge is 0.378 e. The van der Waals surface area contributed by atoms with Crippen LogP contribution < -0.4 is 5.32 Å². The van der Waals surface area contributed by atoms with Crippen molar-refractivity contribution in [2.24, 2.45) is 5.41 Å². The van der Waals surface area contributed by atoms with Gasteiger partial charge in [-0.2, -0.15) is 0 Å². The van der Waals surface area contributed by atoms with Crippen molar-refractivity contribution in [1.29, 1.82) is 0 Å². The molecule has 118 valence electrons. The molecule has 2 aliphatic carbocycles. The van der Waals surface area contributed by atoms with E-state index in [-0.39, 0.29) is 0 Å². The number of nitrogens with zero attached hydrogens (tertiary/aromatic N) is 1. The van der Waals surface area contributed by atoms with Crippen molar-refractivity contribution >= 4 is 0 Å². The molecule has 3 rings (SSSR count). The molecule has 1 heterocycles. The Hall–Kier alpha value is -0.870. The molecule has 1 aromatic rings. The molecule has 4 nitrogen and oxygen atoms in total. The summed E-state index contributed by atoms with van der Waals surface area (Å²) in [5.74, 6) is 1.10. The van der Waals surface area contributed by atoms with Crippen LogP contribution in [0.2, 0.25) is 0 Å². The summed E-state index contributed by atoms with van der Waals surface area (Å²) >= 11 is 0. The third-order valence-corrected chi connectivity index (χ3v) is 5.47. The van der Waals surface area contributed by atoms with Gasteiger partial charge in [0.15, 0.2) is 0 Å². The molecule has 4 heteroatoms. The summed E-state index contributed by atoms with van der Waals surface area (Å²) in [5.41, 5.74) is 0.443. The Morgan fingerprint density at radius 2 is 2.24 bits per heavy atom. The standard InChI is InChI=1S/C17H29N3O/c1-2-21-15-13-14(17(15)8-4-3-5-9-17)18-10-6-7-16-19-11-12-20-16/h11-12,14-15,18H,2-10,13H2,1H3,(H,19,20). The molecule has 2 aliphatic rings. The van der Waals surface area contributed by atoms with Crippen LogP contribution in [0.3, 0.4) is 0 Å². The second-order valence-corrected chi connectivity index (χ2v) is 6.62. The van der Waals surface area contributed by atoms with Gasteiger partial charge in [0, 0.05) is 36.9 Å². The Bertz CT molecular complexity index is 412. The molecule has 2 N–H and O–H groups in total. The van der Waals surface area contributed by atoms with Crippen molar-refractivity contribution in [3.05, 3.63) is 18.2 Å². The van der Waals surface area contributed by atoms with Crippen LogP contribution in [-0.2, 0) is 11.2 Å². The monoisotopic (exact) mass is 291 g/mol. The number of nitrogens with one attached hydrogen (secondary N) is 2. The fourth-order valence-corrected chi connectivity index (χ4v) is 4.32. The first-order chi connectivity index (χ1) is 10.3. The van der Waals surface area contributed by atoms with E-state index in [2.05, 4.69) is 22.2 Å². The van der Waals surface area contributed by atoms with E-state index in [4.69, 9.17) is 4.74 Å². The number of aromatic nitrogens is 2. The van der Waals surface area contributed by atoms with Crippen LogP contribution in [0.5, 0.6) is 0 Å². The van der Waals surface area contributed by atoms with Crippen LogP contribution >= 0.6 is 0 Å². The zero-order valence-electron chi connectivity index (χ0n) is 13.2. The van der Waals surface area contributed by atoms with E-state index in [9.17, 15) is 0 Å². The number of H-pyrrole nitrogens is 1. The highest BCUT2D eigenvalue weighted by atomic mass is 16.5. The normalized spacial score (nSPS) is 27.7.